The first kappa shape index (κ1) is 11.7. The standard InChI is InChI=1S/C10H8F4O/c1-2-8(15)9-6(10(12,13)14)4-3-5-7(9)11/h3-5H,2H2,1H3. The van der Waals surface area contributed by atoms with Crippen LogP contribution in [0.25, 0.3) is 0 Å². The van der Waals surface area contributed by atoms with E-state index >= 15 is 0 Å². The average Bonchev–Trinajstić information content (AvgIpc) is 2.15. The Balaban J connectivity index is 3.40. The fraction of sp³-hybridized carbons (Fsp3) is 0.300. The van der Waals surface area contributed by atoms with Gasteiger partial charge in [0.25, 0.3) is 0 Å². The molecule has 0 atom stereocenters. The second kappa shape index (κ2) is 4.00. The molecule has 0 spiro atoms. The molecular formula is C10H8F4O. The van der Waals surface area contributed by atoms with Gasteiger partial charge in [0.2, 0.25) is 0 Å². The number of carbonyl (C=O) groups excluding carboxylic acids is 1. The zero-order valence-electron chi connectivity index (χ0n) is 7.86. The first-order valence-electron chi connectivity index (χ1n) is 4.26. The van der Waals surface area contributed by atoms with Crippen LogP contribution in [0.2, 0.25) is 0 Å². The molecule has 15 heavy (non-hydrogen) atoms. The summed E-state index contributed by atoms with van der Waals surface area (Å²) in [7, 11) is 0. The highest BCUT2D eigenvalue weighted by molar-refractivity contribution is 5.97. The van der Waals surface area contributed by atoms with Crippen molar-refractivity contribution < 1.29 is 22.4 Å². The van der Waals surface area contributed by atoms with Crippen LogP contribution in [0.1, 0.15) is 29.3 Å². The molecule has 0 aliphatic rings. The van der Waals surface area contributed by atoms with Crippen molar-refractivity contribution in [2.75, 3.05) is 0 Å². The summed E-state index contributed by atoms with van der Waals surface area (Å²) in [5, 5.41) is 0. The first-order chi connectivity index (χ1) is 6.88. The third-order valence-corrected chi connectivity index (χ3v) is 1.92. The summed E-state index contributed by atoms with van der Waals surface area (Å²) in [4.78, 5) is 11.2. The van der Waals surface area contributed by atoms with Crippen LogP contribution < -0.4 is 0 Å². The second-order valence-electron chi connectivity index (χ2n) is 2.94. The summed E-state index contributed by atoms with van der Waals surface area (Å²) in [6.45, 7) is 1.38. The van der Waals surface area contributed by atoms with Crippen LogP contribution >= 0.6 is 0 Å². The number of benzene rings is 1. The number of hydrogen-bond donors (Lipinski definition) is 0. The van der Waals surface area contributed by atoms with Gasteiger partial charge in [-0.2, -0.15) is 13.2 Å². The van der Waals surface area contributed by atoms with Crippen molar-refractivity contribution in [3.63, 3.8) is 0 Å². The summed E-state index contributed by atoms with van der Waals surface area (Å²) in [5.41, 5.74) is -2.08. The molecule has 0 heterocycles. The van der Waals surface area contributed by atoms with Gasteiger partial charge in [-0.05, 0) is 12.1 Å². The van der Waals surface area contributed by atoms with Gasteiger partial charge in [0.05, 0.1) is 11.1 Å². The molecule has 0 N–H and O–H groups in total. The first-order valence-corrected chi connectivity index (χ1v) is 4.26. The molecule has 0 saturated carbocycles. The van der Waals surface area contributed by atoms with Gasteiger partial charge in [-0.25, -0.2) is 4.39 Å². The highest BCUT2D eigenvalue weighted by Gasteiger charge is 2.36. The highest BCUT2D eigenvalue weighted by atomic mass is 19.4. The normalized spacial score (nSPS) is 11.5. The summed E-state index contributed by atoms with van der Waals surface area (Å²) >= 11 is 0. The van der Waals surface area contributed by atoms with Crippen molar-refractivity contribution in [1.82, 2.24) is 0 Å². The van der Waals surface area contributed by atoms with Gasteiger partial charge in [0.15, 0.2) is 5.78 Å². The lowest BCUT2D eigenvalue weighted by atomic mass is 10.0. The van der Waals surface area contributed by atoms with E-state index in [1.54, 1.807) is 0 Å². The molecule has 0 bridgehead atoms. The third-order valence-electron chi connectivity index (χ3n) is 1.92. The molecule has 1 aromatic rings. The predicted molar refractivity (Wildman–Crippen MR) is 46.0 cm³/mol. The van der Waals surface area contributed by atoms with E-state index in [0.717, 1.165) is 12.1 Å². The van der Waals surface area contributed by atoms with Crippen molar-refractivity contribution in [3.05, 3.63) is 35.1 Å². The monoisotopic (exact) mass is 220 g/mol. The van der Waals surface area contributed by atoms with Crippen LogP contribution in [0, 0.1) is 5.82 Å². The van der Waals surface area contributed by atoms with Crippen molar-refractivity contribution in [3.8, 4) is 0 Å². The van der Waals surface area contributed by atoms with Crippen molar-refractivity contribution in [2.45, 2.75) is 19.5 Å². The van der Waals surface area contributed by atoms with E-state index in [4.69, 9.17) is 0 Å². The topological polar surface area (TPSA) is 17.1 Å². The molecule has 1 rings (SSSR count). The minimum atomic E-state index is -4.71. The molecule has 0 unspecified atom stereocenters. The molecular weight excluding hydrogens is 212 g/mol. The average molecular weight is 220 g/mol. The lowest BCUT2D eigenvalue weighted by Crippen LogP contribution is -2.14. The number of halogens is 4. The summed E-state index contributed by atoms with van der Waals surface area (Å²) in [5.74, 6) is -1.97. The zero-order valence-corrected chi connectivity index (χ0v) is 7.86. The van der Waals surface area contributed by atoms with E-state index in [-0.39, 0.29) is 6.42 Å². The molecule has 0 aliphatic heterocycles. The molecule has 1 aromatic carbocycles. The fourth-order valence-electron chi connectivity index (χ4n) is 1.22. The Morgan fingerprint density at radius 1 is 1.33 bits per heavy atom. The zero-order chi connectivity index (χ0) is 11.6. The lowest BCUT2D eigenvalue weighted by Gasteiger charge is -2.11. The molecule has 5 heteroatoms. The van der Waals surface area contributed by atoms with E-state index in [1.165, 1.54) is 6.92 Å². The molecule has 0 amide bonds. The van der Waals surface area contributed by atoms with E-state index in [1.807, 2.05) is 0 Å². The van der Waals surface area contributed by atoms with Crippen molar-refractivity contribution in [1.29, 1.82) is 0 Å². The Hall–Kier alpha value is -1.39. The smallest absolute Gasteiger partial charge is 0.294 e. The van der Waals surface area contributed by atoms with Crippen LogP contribution in [0.5, 0.6) is 0 Å². The van der Waals surface area contributed by atoms with Gasteiger partial charge in [0.1, 0.15) is 5.82 Å². The minimum Gasteiger partial charge on any atom is -0.294 e. The Morgan fingerprint density at radius 3 is 2.40 bits per heavy atom. The van der Waals surface area contributed by atoms with Crippen LogP contribution in [0.15, 0.2) is 18.2 Å². The quantitative estimate of drug-likeness (QED) is 0.551. The van der Waals surface area contributed by atoms with E-state index in [9.17, 15) is 22.4 Å². The Labute approximate surface area is 83.7 Å². The molecule has 0 radical (unpaired) electrons. The largest absolute Gasteiger partial charge is 0.417 e. The van der Waals surface area contributed by atoms with Gasteiger partial charge in [-0.15, -0.1) is 0 Å². The Morgan fingerprint density at radius 2 is 1.93 bits per heavy atom. The van der Waals surface area contributed by atoms with Gasteiger partial charge >= 0.3 is 6.18 Å². The number of alkyl halides is 3. The van der Waals surface area contributed by atoms with Crippen LogP contribution in [-0.4, -0.2) is 5.78 Å². The van der Waals surface area contributed by atoms with Gasteiger partial charge in [-0.1, -0.05) is 13.0 Å². The maximum Gasteiger partial charge on any atom is 0.417 e. The van der Waals surface area contributed by atoms with Crippen molar-refractivity contribution in [2.24, 2.45) is 0 Å². The van der Waals surface area contributed by atoms with Crippen LogP contribution in [0.3, 0.4) is 0 Å². The van der Waals surface area contributed by atoms with E-state index in [2.05, 4.69) is 0 Å². The van der Waals surface area contributed by atoms with Crippen molar-refractivity contribution >= 4 is 5.78 Å². The van der Waals surface area contributed by atoms with Gasteiger partial charge in [0, 0.05) is 6.42 Å². The van der Waals surface area contributed by atoms with E-state index < -0.39 is 28.9 Å². The van der Waals surface area contributed by atoms with Crippen LogP contribution in [0.4, 0.5) is 17.6 Å². The minimum absolute atomic E-state index is 0.163. The predicted octanol–water partition coefficient (Wildman–Crippen LogP) is 3.44. The second-order valence-corrected chi connectivity index (χ2v) is 2.94. The Bertz CT molecular complexity index is 381. The highest BCUT2D eigenvalue weighted by Crippen LogP contribution is 2.33. The summed E-state index contributed by atoms with van der Waals surface area (Å²) in [6.07, 6.45) is -4.87. The number of rotatable bonds is 2. The molecule has 0 saturated heterocycles. The van der Waals surface area contributed by atoms with Gasteiger partial charge in [-0.3, -0.25) is 4.79 Å². The number of ketones is 1. The van der Waals surface area contributed by atoms with Crippen LogP contribution in [-0.2, 0) is 6.18 Å². The number of hydrogen-bond acceptors (Lipinski definition) is 1. The third kappa shape index (κ3) is 2.34. The lowest BCUT2D eigenvalue weighted by molar-refractivity contribution is -0.138. The van der Waals surface area contributed by atoms with E-state index in [0.29, 0.717) is 6.07 Å². The summed E-state index contributed by atoms with van der Waals surface area (Å²) < 4.78 is 50.3. The molecule has 0 aliphatic carbocycles. The maximum absolute atomic E-state index is 13.1. The molecule has 0 fully saturated rings. The number of carbonyl (C=O) groups is 1. The maximum atomic E-state index is 13.1. The SMILES string of the molecule is CCC(=O)c1c(F)cccc1C(F)(F)F. The molecule has 82 valence electrons. The van der Waals surface area contributed by atoms with Gasteiger partial charge < -0.3 is 0 Å². The molecule has 0 aromatic heterocycles. The Kier molecular flexibility index (Phi) is 3.12. The fourth-order valence-corrected chi connectivity index (χ4v) is 1.22. The molecule has 1 nitrogen and oxygen atoms in total. The summed E-state index contributed by atoms with van der Waals surface area (Å²) in [6, 6.07) is 2.48. The number of Topliss-reactive ketones (excluding diaryl/α,β-unsaturated/α-hetero) is 1.